The standard InChI is InChI=1S/C14H18N2O2S2/c1-9-6-10(2)14(11(3)13(9)15)20(17,18)16-7-12-4-5-19-8-12/h4-6,8,16H,7,15H2,1-3H3. The Bertz CT molecular complexity index is 720. The summed E-state index contributed by atoms with van der Waals surface area (Å²) in [6, 6.07) is 3.71. The van der Waals surface area contributed by atoms with Crippen molar-refractivity contribution in [2.75, 3.05) is 5.73 Å². The van der Waals surface area contributed by atoms with Crippen LogP contribution in [0, 0.1) is 20.8 Å². The second-order valence-corrected chi connectivity index (χ2v) is 7.32. The van der Waals surface area contributed by atoms with Crippen molar-refractivity contribution in [1.29, 1.82) is 0 Å². The molecule has 0 saturated heterocycles. The molecule has 0 spiro atoms. The molecule has 2 rings (SSSR count). The summed E-state index contributed by atoms with van der Waals surface area (Å²) in [5.41, 5.74) is 9.66. The summed E-state index contributed by atoms with van der Waals surface area (Å²) in [6.07, 6.45) is 0. The Hall–Kier alpha value is -1.37. The van der Waals surface area contributed by atoms with Gasteiger partial charge in [-0.25, -0.2) is 13.1 Å². The highest BCUT2D eigenvalue weighted by Gasteiger charge is 2.21. The largest absolute Gasteiger partial charge is 0.398 e. The predicted molar refractivity (Wildman–Crippen MR) is 83.4 cm³/mol. The molecule has 0 saturated carbocycles. The fourth-order valence-corrected chi connectivity index (χ4v) is 4.40. The fourth-order valence-electron chi connectivity index (χ4n) is 2.24. The molecule has 108 valence electrons. The number of benzene rings is 1. The molecule has 2 aromatic rings. The molecule has 0 amide bonds. The maximum atomic E-state index is 12.5. The number of thiophene rings is 1. The van der Waals surface area contributed by atoms with Crippen molar-refractivity contribution in [2.45, 2.75) is 32.2 Å². The van der Waals surface area contributed by atoms with Crippen LogP contribution in [0.25, 0.3) is 0 Å². The Morgan fingerprint density at radius 2 is 1.95 bits per heavy atom. The molecule has 4 nitrogen and oxygen atoms in total. The van der Waals surface area contributed by atoms with E-state index in [9.17, 15) is 8.42 Å². The zero-order valence-electron chi connectivity index (χ0n) is 11.7. The molecular formula is C14H18N2O2S2. The quantitative estimate of drug-likeness (QED) is 0.853. The van der Waals surface area contributed by atoms with Crippen LogP contribution in [0.3, 0.4) is 0 Å². The normalized spacial score (nSPS) is 11.8. The molecule has 3 N–H and O–H groups in total. The monoisotopic (exact) mass is 310 g/mol. The number of nitrogens with two attached hydrogens (primary N) is 1. The van der Waals surface area contributed by atoms with E-state index in [0.29, 0.717) is 23.4 Å². The Kier molecular flexibility index (Phi) is 4.17. The third-order valence-corrected chi connectivity index (χ3v) is 5.70. The number of aryl methyl sites for hydroxylation is 2. The number of sulfonamides is 1. The van der Waals surface area contributed by atoms with Gasteiger partial charge in [0.15, 0.2) is 0 Å². The molecule has 0 radical (unpaired) electrons. The van der Waals surface area contributed by atoms with Gasteiger partial charge in [-0.05, 0) is 59.9 Å². The van der Waals surface area contributed by atoms with Crippen molar-refractivity contribution in [3.8, 4) is 0 Å². The molecule has 0 aliphatic rings. The van der Waals surface area contributed by atoms with E-state index >= 15 is 0 Å². The lowest BCUT2D eigenvalue weighted by Crippen LogP contribution is -2.25. The topological polar surface area (TPSA) is 72.2 Å². The van der Waals surface area contributed by atoms with Crippen molar-refractivity contribution in [3.63, 3.8) is 0 Å². The third kappa shape index (κ3) is 2.87. The second-order valence-electron chi connectivity index (χ2n) is 4.83. The van der Waals surface area contributed by atoms with Gasteiger partial charge in [-0.2, -0.15) is 11.3 Å². The SMILES string of the molecule is Cc1cc(C)c(S(=O)(=O)NCc2ccsc2)c(C)c1N. The van der Waals surface area contributed by atoms with E-state index in [4.69, 9.17) is 5.73 Å². The van der Waals surface area contributed by atoms with Crippen LogP contribution in [-0.2, 0) is 16.6 Å². The summed E-state index contributed by atoms with van der Waals surface area (Å²) in [4.78, 5) is 0.288. The summed E-state index contributed by atoms with van der Waals surface area (Å²) in [7, 11) is -3.56. The van der Waals surface area contributed by atoms with Crippen LogP contribution in [0.2, 0.25) is 0 Å². The van der Waals surface area contributed by atoms with Crippen molar-refractivity contribution in [3.05, 3.63) is 45.1 Å². The van der Waals surface area contributed by atoms with Gasteiger partial charge in [-0.1, -0.05) is 6.07 Å². The van der Waals surface area contributed by atoms with Crippen LogP contribution in [-0.4, -0.2) is 8.42 Å². The van der Waals surface area contributed by atoms with E-state index in [1.54, 1.807) is 25.2 Å². The number of hydrogen-bond donors (Lipinski definition) is 2. The third-order valence-electron chi connectivity index (χ3n) is 3.28. The minimum absolute atomic E-state index is 0.288. The minimum atomic E-state index is -3.56. The van der Waals surface area contributed by atoms with Gasteiger partial charge in [-0.3, -0.25) is 0 Å². The van der Waals surface area contributed by atoms with Crippen LogP contribution in [0.1, 0.15) is 22.3 Å². The van der Waals surface area contributed by atoms with Gasteiger partial charge in [0.2, 0.25) is 10.0 Å². The van der Waals surface area contributed by atoms with Crippen molar-refractivity contribution < 1.29 is 8.42 Å². The van der Waals surface area contributed by atoms with E-state index in [1.807, 2.05) is 29.8 Å². The van der Waals surface area contributed by atoms with Crippen LogP contribution >= 0.6 is 11.3 Å². The molecule has 0 bridgehead atoms. The first-order valence-electron chi connectivity index (χ1n) is 6.20. The highest BCUT2D eigenvalue weighted by atomic mass is 32.2. The van der Waals surface area contributed by atoms with Crippen molar-refractivity contribution in [2.24, 2.45) is 0 Å². The number of nitrogens with one attached hydrogen (secondary N) is 1. The van der Waals surface area contributed by atoms with E-state index in [0.717, 1.165) is 11.1 Å². The maximum absolute atomic E-state index is 12.5. The molecule has 0 atom stereocenters. The molecular weight excluding hydrogens is 292 g/mol. The molecule has 1 aromatic carbocycles. The Balaban J connectivity index is 2.37. The lowest BCUT2D eigenvalue weighted by molar-refractivity contribution is 0.580. The minimum Gasteiger partial charge on any atom is -0.398 e. The van der Waals surface area contributed by atoms with E-state index < -0.39 is 10.0 Å². The first kappa shape index (κ1) is 15.0. The zero-order chi connectivity index (χ0) is 14.9. The molecule has 0 fully saturated rings. The van der Waals surface area contributed by atoms with Gasteiger partial charge in [0, 0.05) is 12.2 Å². The average molecular weight is 310 g/mol. The molecule has 1 heterocycles. The van der Waals surface area contributed by atoms with Crippen molar-refractivity contribution in [1.82, 2.24) is 4.72 Å². The van der Waals surface area contributed by atoms with Crippen LogP contribution < -0.4 is 10.5 Å². The molecule has 0 aliphatic carbocycles. The molecule has 0 aliphatic heterocycles. The van der Waals surface area contributed by atoms with Gasteiger partial charge >= 0.3 is 0 Å². The maximum Gasteiger partial charge on any atom is 0.241 e. The fraction of sp³-hybridized carbons (Fsp3) is 0.286. The highest BCUT2D eigenvalue weighted by molar-refractivity contribution is 7.89. The first-order valence-corrected chi connectivity index (χ1v) is 8.62. The molecule has 0 unspecified atom stereocenters. The van der Waals surface area contributed by atoms with E-state index in [1.165, 1.54) is 0 Å². The summed E-state index contributed by atoms with van der Waals surface area (Å²) >= 11 is 1.54. The zero-order valence-corrected chi connectivity index (χ0v) is 13.4. The number of rotatable bonds is 4. The summed E-state index contributed by atoms with van der Waals surface area (Å²) in [6.45, 7) is 5.70. The molecule has 20 heavy (non-hydrogen) atoms. The van der Waals surface area contributed by atoms with Gasteiger partial charge < -0.3 is 5.73 Å². The summed E-state index contributed by atoms with van der Waals surface area (Å²) in [5, 5.41) is 3.84. The van der Waals surface area contributed by atoms with Crippen LogP contribution in [0.5, 0.6) is 0 Å². The van der Waals surface area contributed by atoms with Crippen LogP contribution in [0.4, 0.5) is 5.69 Å². The van der Waals surface area contributed by atoms with Gasteiger partial charge in [-0.15, -0.1) is 0 Å². The van der Waals surface area contributed by atoms with Gasteiger partial charge in [0.1, 0.15) is 0 Å². The molecule has 1 aromatic heterocycles. The second kappa shape index (κ2) is 5.55. The lowest BCUT2D eigenvalue weighted by Gasteiger charge is -2.15. The van der Waals surface area contributed by atoms with Crippen molar-refractivity contribution >= 4 is 27.0 Å². The first-order chi connectivity index (χ1) is 9.33. The number of hydrogen-bond acceptors (Lipinski definition) is 4. The summed E-state index contributed by atoms with van der Waals surface area (Å²) in [5.74, 6) is 0. The average Bonchev–Trinajstić information content (AvgIpc) is 2.86. The predicted octanol–water partition coefficient (Wildman–Crippen LogP) is 2.73. The number of anilines is 1. The van der Waals surface area contributed by atoms with E-state index in [-0.39, 0.29) is 4.90 Å². The van der Waals surface area contributed by atoms with Gasteiger partial charge in [0.25, 0.3) is 0 Å². The van der Waals surface area contributed by atoms with E-state index in [2.05, 4.69) is 4.72 Å². The smallest absolute Gasteiger partial charge is 0.241 e. The Morgan fingerprint density at radius 3 is 2.55 bits per heavy atom. The Morgan fingerprint density at radius 1 is 1.25 bits per heavy atom. The molecule has 6 heteroatoms. The summed E-state index contributed by atoms with van der Waals surface area (Å²) < 4.78 is 27.6. The number of nitrogen functional groups attached to an aromatic ring is 1. The highest BCUT2D eigenvalue weighted by Crippen LogP contribution is 2.28. The lowest BCUT2D eigenvalue weighted by atomic mass is 10.1. The Labute approximate surface area is 123 Å². The van der Waals surface area contributed by atoms with Crippen LogP contribution in [0.15, 0.2) is 27.8 Å². The van der Waals surface area contributed by atoms with Gasteiger partial charge in [0.05, 0.1) is 4.90 Å².